The van der Waals surface area contributed by atoms with Crippen LogP contribution in [0.25, 0.3) is 0 Å². The molecule has 4 nitrogen and oxygen atoms in total. The lowest BCUT2D eigenvalue weighted by atomic mass is 9.88. The first-order valence-corrected chi connectivity index (χ1v) is 8.85. The van der Waals surface area contributed by atoms with Gasteiger partial charge in [-0.2, -0.15) is 11.8 Å². The summed E-state index contributed by atoms with van der Waals surface area (Å²) in [5.74, 6) is 0. The third kappa shape index (κ3) is 4.34. The first-order valence-electron chi connectivity index (χ1n) is 7.25. The summed E-state index contributed by atoms with van der Waals surface area (Å²) in [6.45, 7) is 1.37. The molecule has 1 aromatic carbocycles. The number of halogens is 1. The molecule has 0 aliphatic heterocycles. The zero-order chi connectivity index (χ0) is 15.3. The molecule has 0 aromatic heterocycles. The third-order valence-electron chi connectivity index (χ3n) is 4.20. The minimum Gasteiger partial charge on any atom is -0.311 e. The molecular formula is C15H21ClN2O2S. The minimum absolute atomic E-state index is 0.133. The molecule has 2 rings (SSSR count). The second-order valence-corrected chi connectivity index (χ2v) is 7.29. The van der Waals surface area contributed by atoms with Crippen LogP contribution in [0, 0.1) is 10.1 Å². The van der Waals surface area contributed by atoms with E-state index < -0.39 is 0 Å². The number of thioether (sulfide) groups is 1. The first kappa shape index (κ1) is 16.6. The maximum Gasteiger partial charge on any atom is 0.273 e. The van der Waals surface area contributed by atoms with E-state index in [1.54, 1.807) is 12.1 Å². The highest BCUT2D eigenvalue weighted by atomic mass is 35.5. The molecular weight excluding hydrogens is 308 g/mol. The Balaban J connectivity index is 1.99. The Morgan fingerprint density at radius 3 is 2.71 bits per heavy atom. The van der Waals surface area contributed by atoms with Gasteiger partial charge in [-0.3, -0.25) is 10.1 Å². The Morgan fingerprint density at radius 1 is 1.38 bits per heavy atom. The first-order chi connectivity index (χ1) is 10.1. The van der Waals surface area contributed by atoms with Crippen LogP contribution in [0.1, 0.15) is 37.7 Å². The predicted molar refractivity (Wildman–Crippen MR) is 89.1 cm³/mol. The fraction of sp³-hybridized carbons (Fsp3) is 0.600. The van der Waals surface area contributed by atoms with E-state index in [1.807, 2.05) is 11.8 Å². The zero-order valence-corrected chi connectivity index (χ0v) is 13.8. The van der Waals surface area contributed by atoms with E-state index in [4.69, 9.17) is 11.6 Å². The average molecular weight is 329 g/mol. The van der Waals surface area contributed by atoms with Crippen LogP contribution >= 0.6 is 23.4 Å². The van der Waals surface area contributed by atoms with E-state index in [9.17, 15) is 10.1 Å². The largest absolute Gasteiger partial charge is 0.311 e. The van der Waals surface area contributed by atoms with Crippen LogP contribution in [-0.2, 0) is 6.54 Å². The van der Waals surface area contributed by atoms with E-state index in [0.29, 0.717) is 17.1 Å². The van der Waals surface area contributed by atoms with Gasteiger partial charge in [0.15, 0.2) is 0 Å². The third-order valence-corrected chi connectivity index (χ3v) is 5.85. The van der Waals surface area contributed by atoms with Crippen LogP contribution in [0.15, 0.2) is 18.2 Å². The summed E-state index contributed by atoms with van der Waals surface area (Å²) < 4.78 is 0.283. The predicted octanol–water partition coefficient (Wildman–Crippen LogP) is 4.40. The van der Waals surface area contributed by atoms with Gasteiger partial charge in [0.2, 0.25) is 0 Å². The molecule has 0 amide bonds. The maximum atomic E-state index is 11.0. The van der Waals surface area contributed by atoms with Crippen molar-refractivity contribution in [3.63, 3.8) is 0 Å². The number of nitrogens with zero attached hydrogens (tertiary/aromatic N) is 1. The van der Waals surface area contributed by atoms with E-state index >= 15 is 0 Å². The molecule has 0 atom stereocenters. The highest BCUT2D eigenvalue weighted by Gasteiger charge is 2.30. The molecule has 1 saturated carbocycles. The van der Waals surface area contributed by atoms with Crippen molar-refractivity contribution >= 4 is 29.1 Å². The van der Waals surface area contributed by atoms with Gasteiger partial charge in [-0.1, -0.05) is 30.9 Å². The van der Waals surface area contributed by atoms with Gasteiger partial charge in [0.25, 0.3) is 5.69 Å². The lowest BCUT2D eigenvalue weighted by Crippen LogP contribution is -2.39. The van der Waals surface area contributed by atoms with Crippen molar-refractivity contribution in [3.05, 3.63) is 38.9 Å². The smallest absolute Gasteiger partial charge is 0.273 e. The van der Waals surface area contributed by atoms with Gasteiger partial charge in [-0.05, 0) is 31.2 Å². The Labute approximate surface area is 134 Å². The highest BCUT2D eigenvalue weighted by Crippen LogP contribution is 2.38. The van der Waals surface area contributed by atoms with Gasteiger partial charge in [-0.15, -0.1) is 0 Å². The lowest BCUT2D eigenvalue weighted by Gasteiger charge is -2.36. The van der Waals surface area contributed by atoms with Crippen molar-refractivity contribution in [3.8, 4) is 0 Å². The van der Waals surface area contributed by atoms with Gasteiger partial charge in [0, 0.05) is 34.5 Å². The molecule has 21 heavy (non-hydrogen) atoms. The van der Waals surface area contributed by atoms with Crippen molar-refractivity contribution in [2.45, 2.75) is 43.4 Å². The SMILES string of the molecule is CSC1(CNCc2cc(Cl)ccc2[N+](=O)[O-])CCCCC1. The highest BCUT2D eigenvalue weighted by molar-refractivity contribution is 8.00. The lowest BCUT2D eigenvalue weighted by molar-refractivity contribution is -0.385. The average Bonchev–Trinajstić information content (AvgIpc) is 2.48. The van der Waals surface area contributed by atoms with Gasteiger partial charge in [-0.25, -0.2) is 0 Å². The molecule has 1 aromatic rings. The summed E-state index contributed by atoms with van der Waals surface area (Å²) in [5.41, 5.74) is 0.785. The van der Waals surface area contributed by atoms with Crippen LogP contribution in [0.3, 0.4) is 0 Å². The summed E-state index contributed by atoms with van der Waals surface area (Å²) in [7, 11) is 0. The second kappa shape index (κ2) is 7.47. The number of nitrogens with one attached hydrogen (secondary N) is 1. The van der Waals surface area contributed by atoms with Crippen molar-refractivity contribution in [1.29, 1.82) is 0 Å². The molecule has 0 heterocycles. The van der Waals surface area contributed by atoms with Gasteiger partial charge >= 0.3 is 0 Å². The molecule has 0 spiro atoms. The molecule has 1 N–H and O–H groups in total. The summed E-state index contributed by atoms with van der Waals surface area (Å²) in [6.07, 6.45) is 8.48. The fourth-order valence-corrected chi connectivity index (χ4v) is 4.09. The summed E-state index contributed by atoms with van der Waals surface area (Å²) in [6, 6.07) is 4.72. The molecule has 0 saturated heterocycles. The van der Waals surface area contributed by atoms with E-state index in [-0.39, 0.29) is 15.4 Å². The monoisotopic (exact) mass is 328 g/mol. The minimum atomic E-state index is -0.349. The molecule has 0 unspecified atom stereocenters. The van der Waals surface area contributed by atoms with Crippen molar-refractivity contribution in [2.75, 3.05) is 12.8 Å². The number of nitro groups is 1. The summed E-state index contributed by atoms with van der Waals surface area (Å²) in [4.78, 5) is 10.7. The topological polar surface area (TPSA) is 55.2 Å². The van der Waals surface area contributed by atoms with Crippen LogP contribution < -0.4 is 5.32 Å². The van der Waals surface area contributed by atoms with Crippen LogP contribution in [0.2, 0.25) is 5.02 Å². The van der Waals surface area contributed by atoms with Gasteiger partial charge < -0.3 is 5.32 Å². The molecule has 116 valence electrons. The van der Waals surface area contributed by atoms with Gasteiger partial charge in [0.05, 0.1) is 4.92 Å². The molecule has 0 bridgehead atoms. The molecule has 0 radical (unpaired) electrons. The maximum absolute atomic E-state index is 11.0. The molecule has 1 fully saturated rings. The van der Waals surface area contributed by atoms with Crippen molar-refractivity contribution in [1.82, 2.24) is 5.32 Å². The number of nitro benzene ring substituents is 1. The quantitative estimate of drug-likeness (QED) is 0.621. The van der Waals surface area contributed by atoms with Crippen LogP contribution in [0.4, 0.5) is 5.69 Å². The normalized spacial score (nSPS) is 17.6. The fourth-order valence-electron chi connectivity index (χ4n) is 2.95. The zero-order valence-electron chi connectivity index (χ0n) is 12.2. The Morgan fingerprint density at radius 2 is 2.10 bits per heavy atom. The van der Waals surface area contributed by atoms with Crippen LogP contribution in [0.5, 0.6) is 0 Å². The summed E-state index contributed by atoms with van der Waals surface area (Å²) >= 11 is 7.87. The number of benzene rings is 1. The van der Waals surface area contributed by atoms with E-state index in [1.165, 1.54) is 38.2 Å². The Kier molecular flexibility index (Phi) is 5.90. The second-order valence-electron chi connectivity index (χ2n) is 5.58. The van der Waals surface area contributed by atoms with E-state index in [0.717, 1.165) is 6.54 Å². The Bertz CT molecular complexity index is 504. The van der Waals surface area contributed by atoms with Crippen molar-refractivity contribution < 1.29 is 4.92 Å². The summed E-state index contributed by atoms with van der Waals surface area (Å²) in [5, 5.41) is 15.0. The number of rotatable bonds is 6. The van der Waals surface area contributed by atoms with Gasteiger partial charge in [0.1, 0.15) is 0 Å². The molecule has 6 heteroatoms. The Hall–Kier alpha value is -0.780. The van der Waals surface area contributed by atoms with Crippen molar-refractivity contribution in [2.24, 2.45) is 0 Å². The number of hydrogen-bond acceptors (Lipinski definition) is 4. The molecule has 1 aliphatic rings. The standard InChI is InChI=1S/C15H21ClN2O2S/c1-21-15(7-3-2-4-8-15)11-17-10-12-9-13(16)5-6-14(12)18(19)20/h5-6,9,17H,2-4,7-8,10-11H2,1H3. The van der Waals surface area contributed by atoms with Crippen LogP contribution in [-0.4, -0.2) is 22.5 Å². The van der Waals surface area contributed by atoms with E-state index in [2.05, 4.69) is 11.6 Å². The molecule has 1 aliphatic carbocycles. The number of hydrogen-bond donors (Lipinski definition) is 1.